The van der Waals surface area contributed by atoms with Crippen LogP contribution < -0.4 is 9.47 Å². The fraction of sp³-hybridized carbons (Fsp3) is 0.550. The fourth-order valence-corrected chi connectivity index (χ4v) is 4.26. The zero-order valence-electron chi connectivity index (χ0n) is 15.5. The quantitative estimate of drug-likeness (QED) is 0.826. The van der Waals surface area contributed by atoms with E-state index < -0.39 is 0 Å². The molecule has 0 spiro atoms. The van der Waals surface area contributed by atoms with Gasteiger partial charge in [0.15, 0.2) is 11.5 Å². The number of methoxy groups -OCH3 is 2. The Kier molecular flexibility index (Phi) is 4.75. The van der Waals surface area contributed by atoms with Crippen molar-refractivity contribution in [3.05, 3.63) is 28.8 Å². The summed E-state index contributed by atoms with van der Waals surface area (Å²) < 4.78 is 16.7. The van der Waals surface area contributed by atoms with E-state index in [0.29, 0.717) is 18.4 Å². The lowest BCUT2D eigenvalue weighted by Crippen LogP contribution is -2.47. The molecule has 0 bridgehead atoms. The molecule has 1 aromatic rings. The van der Waals surface area contributed by atoms with Crippen LogP contribution in [-0.4, -0.2) is 63.0 Å². The fourth-order valence-electron chi connectivity index (χ4n) is 4.26. The number of benzene rings is 1. The summed E-state index contributed by atoms with van der Waals surface area (Å²) in [5.74, 6) is 1.45. The number of hydrogen-bond donors (Lipinski definition) is 0. The molecule has 1 aromatic carbocycles. The molecule has 1 atom stereocenters. The van der Waals surface area contributed by atoms with Crippen LogP contribution in [0.2, 0.25) is 0 Å². The first-order chi connectivity index (χ1) is 12.7. The number of hydrogen-bond acceptors (Lipinski definition) is 6. The minimum absolute atomic E-state index is 0.304. The van der Waals surface area contributed by atoms with Gasteiger partial charge in [-0.15, -0.1) is 0 Å². The monoisotopic (exact) mass is 355 g/mol. The third-order valence-corrected chi connectivity index (χ3v) is 5.49. The van der Waals surface area contributed by atoms with Gasteiger partial charge in [0.2, 0.25) is 0 Å². The van der Waals surface area contributed by atoms with Gasteiger partial charge >= 0.3 is 0 Å². The first kappa shape index (κ1) is 17.2. The van der Waals surface area contributed by atoms with Gasteiger partial charge in [-0.2, -0.15) is 5.26 Å². The molecule has 3 aliphatic rings. The van der Waals surface area contributed by atoms with Crippen molar-refractivity contribution >= 4 is 5.70 Å². The van der Waals surface area contributed by atoms with Crippen LogP contribution in [0.15, 0.2) is 17.7 Å². The van der Waals surface area contributed by atoms with Crippen LogP contribution in [0.5, 0.6) is 11.5 Å². The maximum absolute atomic E-state index is 9.81. The van der Waals surface area contributed by atoms with Crippen LogP contribution in [-0.2, 0) is 11.2 Å². The van der Waals surface area contributed by atoms with Crippen molar-refractivity contribution in [1.82, 2.24) is 9.80 Å². The summed E-state index contributed by atoms with van der Waals surface area (Å²) >= 11 is 0. The van der Waals surface area contributed by atoms with Crippen LogP contribution >= 0.6 is 0 Å². The van der Waals surface area contributed by atoms with Crippen molar-refractivity contribution in [3.8, 4) is 17.6 Å². The van der Waals surface area contributed by atoms with E-state index in [9.17, 15) is 5.26 Å². The highest BCUT2D eigenvalue weighted by atomic mass is 16.5. The number of fused-ring (bicyclic) bond motifs is 3. The van der Waals surface area contributed by atoms with E-state index in [2.05, 4.69) is 15.9 Å². The Hall–Kier alpha value is -2.23. The number of nitrogens with zero attached hydrogens (tertiary/aromatic N) is 3. The molecule has 1 saturated heterocycles. The van der Waals surface area contributed by atoms with Gasteiger partial charge in [0.1, 0.15) is 0 Å². The summed E-state index contributed by atoms with van der Waals surface area (Å²) in [4.78, 5) is 4.66. The van der Waals surface area contributed by atoms with E-state index in [4.69, 9.17) is 14.2 Å². The molecule has 1 unspecified atom stereocenters. The maximum Gasteiger partial charge on any atom is 0.161 e. The lowest BCUT2D eigenvalue weighted by molar-refractivity contribution is 0.0581. The lowest BCUT2D eigenvalue weighted by Gasteiger charge is -2.42. The minimum atomic E-state index is 0.304. The average molecular weight is 355 g/mol. The summed E-state index contributed by atoms with van der Waals surface area (Å²) in [6.07, 6.45) is 3.50. The summed E-state index contributed by atoms with van der Waals surface area (Å²) in [5.41, 5.74) is 4.19. The second kappa shape index (κ2) is 7.18. The summed E-state index contributed by atoms with van der Waals surface area (Å²) in [5, 5.41) is 9.81. The Morgan fingerprint density at radius 1 is 1.27 bits per heavy atom. The Balaban J connectivity index is 1.67. The molecule has 0 amide bonds. The Morgan fingerprint density at radius 2 is 2.08 bits per heavy atom. The van der Waals surface area contributed by atoms with Crippen LogP contribution in [0, 0.1) is 11.3 Å². The molecule has 1 fully saturated rings. The third-order valence-electron chi connectivity index (χ3n) is 5.49. The zero-order valence-corrected chi connectivity index (χ0v) is 15.5. The highest BCUT2D eigenvalue weighted by Crippen LogP contribution is 2.40. The standard InChI is InChI=1S/C20H25N3O3/c1-24-18-8-14-5-6-23-13-22(12-16-4-3-7-26-16)11-15(10-21)20(23)17(14)9-19(18)25-2/h8-9,16H,3-7,11-13H2,1-2H3. The van der Waals surface area contributed by atoms with Crippen LogP contribution in [0.25, 0.3) is 5.70 Å². The molecule has 0 aliphatic carbocycles. The van der Waals surface area contributed by atoms with E-state index in [1.165, 1.54) is 5.56 Å². The molecule has 0 radical (unpaired) electrons. The van der Waals surface area contributed by atoms with Crippen LogP contribution in [0.4, 0.5) is 0 Å². The molecule has 0 saturated carbocycles. The van der Waals surface area contributed by atoms with Gasteiger partial charge in [-0.1, -0.05) is 0 Å². The first-order valence-electron chi connectivity index (χ1n) is 9.21. The average Bonchev–Trinajstić information content (AvgIpc) is 3.18. The molecular formula is C20H25N3O3. The third kappa shape index (κ3) is 3.02. The lowest BCUT2D eigenvalue weighted by atomic mass is 9.92. The Labute approximate surface area is 154 Å². The number of nitriles is 1. The van der Waals surface area contributed by atoms with Gasteiger partial charge in [-0.25, -0.2) is 0 Å². The predicted molar refractivity (Wildman–Crippen MR) is 97.9 cm³/mol. The number of ether oxygens (including phenoxy) is 3. The summed E-state index contributed by atoms with van der Waals surface area (Å²) in [6, 6.07) is 6.51. The molecule has 4 rings (SSSR count). The Morgan fingerprint density at radius 3 is 2.77 bits per heavy atom. The molecule has 6 nitrogen and oxygen atoms in total. The van der Waals surface area contributed by atoms with E-state index >= 15 is 0 Å². The van der Waals surface area contributed by atoms with E-state index in [-0.39, 0.29) is 0 Å². The SMILES string of the molecule is COc1cc2c(cc1OC)C1=C(C#N)CN(CC3CCCO3)CN1CC2. The van der Waals surface area contributed by atoms with Crippen LogP contribution in [0.1, 0.15) is 24.0 Å². The predicted octanol–water partition coefficient (Wildman–Crippen LogP) is 2.25. The van der Waals surface area contributed by atoms with Crippen molar-refractivity contribution in [3.63, 3.8) is 0 Å². The minimum Gasteiger partial charge on any atom is -0.493 e. The zero-order chi connectivity index (χ0) is 18.1. The summed E-state index contributed by atoms with van der Waals surface area (Å²) in [7, 11) is 3.30. The largest absolute Gasteiger partial charge is 0.493 e. The van der Waals surface area contributed by atoms with Gasteiger partial charge in [0.05, 0.1) is 44.3 Å². The van der Waals surface area contributed by atoms with E-state index in [1.54, 1.807) is 14.2 Å². The molecule has 26 heavy (non-hydrogen) atoms. The highest BCUT2D eigenvalue weighted by molar-refractivity contribution is 5.77. The highest BCUT2D eigenvalue weighted by Gasteiger charge is 2.32. The van der Waals surface area contributed by atoms with Crippen molar-refractivity contribution in [1.29, 1.82) is 5.26 Å². The van der Waals surface area contributed by atoms with Gasteiger partial charge in [0.25, 0.3) is 0 Å². The molecule has 0 aromatic heterocycles. The molecule has 6 heteroatoms. The topological polar surface area (TPSA) is 58.0 Å². The second-order valence-electron chi connectivity index (χ2n) is 7.10. The van der Waals surface area contributed by atoms with Gasteiger partial charge in [-0.3, -0.25) is 4.90 Å². The normalized spacial score (nSPS) is 22.7. The van der Waals surface area contributed by atoms with Crippen molar-refractivity contribution in [2.45, 2.75) is 25.4 Å². The molecular weight excluding hydrogens is 330 g/mol. The smallest absolute Gasteiger partial charge is 0.161 e. The second-order valence-corrected chi connectivity index (χ2v) is 7.10. The van der Waals surface area contributed by atoms with Crippen molar-refractivity contribution < 1.29 is 14.2 Å². The van der Waals surface area contributed by atoms with E-state index in [0.717, 1.165) is 68.2 Å². The maximum atomic E-state index is 9.81. The van der Waals surface area contributed by atoms with Gasteiger partial charge in [-0.05, 0) is 37.0 Å². The van der Waals surface area contributed by atoms with Crippen molar-refractivity contribution in [2.75, 3.05) is 47.1 Å². The Bertz CT molecular complexity index is 762. The van der Waals surface area contributed by atoms with E-state index in [1.807, 2.05) is 12.1 Å². The number of rotatable bonds is 4. The summed E-state index contributed by atoms with van der Waals surface area (Å²) in [6.45, 7) is 4.19. The molecule has 138 valence electrons. The van der Waals surface area contributed by atoms with Crippen molar-refractivity contribution in [2.24, 2.45) is 0 Å². The molecule has 3 heterocycles. The first-order valence-corrected chi connectivity index (χ1v) is 9.21. The van der Waals surface area contributed by atoms with Gasteiger partial charge in [0, 0.05) is 31.8 Å². The molecule has 3 aliphatic heterocycles. The van der Waals surface area contributed by atoms with Gasteiger partial charge < -0.3 is 19.1 Å². The molecule has 0 N–H and O–H groups in total. The van der Waals surface area contributed by atoms with Crippen LogP contribution in [0.3, 0.4) is 0 Å².